The number of nitro groups is 1. The molecule has 0 aliphatic rings. The van der Waals surface area contributed by atoms with Crippen molar-refractivity contribution in [3.8, 4) is 5.75 Å². The molecule has 1 aromatic heterocycles. The summed E-state index contributed by atoms with van der Waals surface area (Å²) in [4.78, 5) is 11.1. The number of benzene rings is 1. The maximum atomic E-state index is 13.1. The minimum Gasteiger partial charge on any atom is -0.493 e. The van der Waals surface area contributed by atoms with Crippen molar-refractivity contribution < 1.29 is 14.1 Å². The predicted octanol–water partition coefficient (Wildman–Crippen LogP) is 3.42. The molecule has 0 aliphatic carbocycles. The lowest BCUT2D eigenvalue weighted by Gasteiger charge is -2.05. The summed E-state index contributed by atoms with van der Waals surface area (Å²) in [6.07, 6.45) is 0.696. The van der Waals surface area contributed by atoms with Crippen LogP contribution in [0.25, 0.3) is 0 Å². The summed E-state index contributed by atoms with van der Waals surface area (Å²) in [6, 6.07) is 7.14. The van der Waals surface area contributed by atoms with E-state index in [1.165, 1.54) is 6.07 Å². The second-order valence-electron chi connectivity index (χ2n) is 3.58. The Balaban J connectivity index is 1.98. The van der Waals surface area contributed by atoms with Gasteiger partial charge < -0.3 is 4.74 Å². The summed E-state index contributed by atoms with van der Waals surface area (Å²) < 4.78 is 18.4. The number of hydrogen-bond acceptors (Lipinski definition) is 4. The van der Waals surface area contributed by atoms with Crippen LogP contribution in [0.3, 0.4) is 0 Å². The fourth-order valence-electron chi connectivity index (χ4n) is 1.46. The van der Waals surface area contributed by atoms with E-state index in [0.29, 0.717) is 13.0 Å². The first-order valence-electron chi connectivity index (χ1n) is 5.25. The maximum Gasteiger partial charge on any atom is 0.276 e. The molecule has 0 fully saturated rings. The molecule has 0 saturated heterocycles. The molecule has 0 unspecified atom stereocenters. The average Bonchev–Trinajstić information content (AvgIpc) is 2.81. The third-order valence-corrected chi connectivity index (χ3v) is 3.20. The summed E-state index contributed by atoms with van der Waals surface area (Å²) in [7, 11) is 0. The number of thiophene rings is 1. The number of ether oxygens (including phenoxy) is 1. The van der Waals surface area contributed by atoms with Crippen LogP contribution < -0.4 is 4.74 Å². The normalized spacial score (nSPS) is 10.3. The monoisotopic (exact) mass is 267 g/mol. The maximum absolute atomic E-state index is 13.1. The predicted molar refractivity (Wildman–Crippen MR) is 66.6 cm³/mol. The SMILES string of the molecule is O=[N+]([O-])c1cc(F)cc(OCCc2cccs2)c1. The first-order valence-corrected chi connectivity index (χ1v) is 6.13. The van der Waals surface area contributed by atoms with Crippen LogP contribution in [0.1, 0.15) is 4.88 Å². The molecule has 0 spiro atoms. The minimum atomic E-state index is -0.671. The van der Waals surface area contributed by atoms with Crippen LogP contribution in [0, 0.1) is 15.9 Å². The summed E-state index contributed by atoms with van der Waals surface area (Å²) in [5.74, 6) is -0.492. The highest BCUT2D eigenvalue weighted by Gasteiger charge is 2.10. The highest BCUT2D eigenvalue weighted by molar-refractivity contribution is 7.09. The Morgan fingerprint density at radius 2 is 2.22 bits per heavy atom. The largest absolute Gasteiger partial charge is 0.493 e. The Morgan fingerprint density at radius 3 is 2.89 bits per heavy atom. The summed E-state index contributed by atoms with van der Waals surface area (Å²) in [5.41, 5.74) is -0.305. The second kappa shape index (κ2) is 5.59. The van der Waals surface area contributed by atoms with Crippen LogP contribution in [-0.4, -0.2) is 11.5 Å². The molecule has 0 saturated carbocycles. The second-order valence-corrected chi connectivity index (χ2v) is 4.61. The highest BCUT2D eigenvalue weighted by Crippen LogP contribution is 2.22. The smallest absolute Gasteiger partial charge is 0.276 e. The van der Waals surface area contributed by atoms with Gasteiger partial charge in [0.15, 0.2) is 0 Å². The molecular formula is C12H10FNO3S. The lowest BCUT2D eigenvalue weighted by Crippen LogP contribution is -2.01. The Morgan fingerprint density at radius 1 is 1.39 bits per heavy atom. The molecule has 0 N–H and O–H groups in total. The molecule has 0 bridgehead atoms. The Kier molecular flexibility index (Phi) is 3.88. The van der Waals surface area contributed by atoms with Gasteiger partial charge in [-0.3, -0.25) is 10.1 Å². The zero-order valence-electron chi connectivity index (χ0n) is 9.34. The van der Waals surface area contributed by atoms with E-state index in [1.54, 1.807) is 11.3 Å². The molecule has 6 heteroatoms. The van der Waals surface area contributed by atoms with Gasteiger partial charge in [0.25, 0.3) is 5.69 Å². The number of non-ortho nitro benzene ring substituents is 1. The molecule has 2 rings (SSSR count). The summed E-state index contributed by atoms with van der Waals surface area (Å²) in [5, 5.41) is 12.5. The van der Waals surface area contributed by atoms with E-state index in [-0.39, 0.29) is 11.4 Å². The lowest BCUT2D eigenvalue weighted by atomic mass is 10.3. The van der Waals surface area contributed by atoms with Gasteiger partial charge in [0, 0.05) is 17.4 Å². The van der Waals surface area contributed by atoms with Gasteiger partial charge in [-0.05, 0) is 11.4 Å². The van der Waals surface area contributed by atoms with Crippen LogP contribution >= 0.6 is 11.3 Å². The lowest BCUT2D eigenvalue weighted by molar-refractivity contribution is -0.385. The topological polar surface area (TPSA) is 52.4 Å². The Labute approximate surface area is 107 Å². The quantitative estimate of drug-likeness (QED) is 0.616. The van der Waals surface area contributed by atoms with Crippen molar-refractivity contribution >= 4 is 17.0 Å². The first-order chi connectivity index (χ1) is 8.65. The number of nitrogens with zero attached hydrogens (tertiary/aromatic N) is 1. The fourth-order valence-corrected chi connectivity index (χ4v) is 2.15. The van der Waals surface area contributed by atoms with Crippen molar-refractivity contribution in [2.45, 2.75) is 6.42 Å². The van der Waals surface area contributed by atoms with Crippen molar-refractivity contribution in [1.29, 1.82) is 0 Å². The summed E-state index contributed by atoms with van der Waals surface area (Å²) >= 11 is 1.61. The van der Waals surface area contributed by atoms with E-state index >= 15 is 0 Å². The van der Waals surface area contributed by atoms with Crippen LogP contribution in [-0.2, 0) is 6.42 Å². The molecule has 1 heterocycles. The molecule has 0 radical (unpaired) electrons. The summed E-state index contributed by atoms with van der Waals surface area (Å²) in [6.45, 7) is 0.362. The van der Waals surface area contributed by atoms with Gasteiger partial charge in [-0.15, -0.1) is 11.3 Å². The van der Waals surface area contributed by atoms with Gasteiger partial charge in [-0.2, -0.15) is 0 Å². The Hall–Kier alpha value is -1.95. The molecule has 18 heavy (non-hydrogen) atoms. The molecule has 2 aromatic rings. The van der Waals surface area contributed by atoms with Crippen molar-refractivity contribution in [1.82, 2.24) is 0 Å². The number of rotatable bonds is 5. The zero-order valence-corrected chi connectivity index (χ0v) is 10.2. The molecule has 0 aliphatic heterocycles. The van der Waals surface area contributed by atoms with Crippen molar-refractivity contribution in [3.63, 3.8) is 0 Å². The Bertz CT molecular complexity index is 542. The standard InChI is InChI=1S/C12H10FNO3S/c13-9-6-10(14(15)16)8-11(7-9)17-4-3-12-2-1-5-18-12/h1-2,5-8H,3-4H2. The van der Waals surface area contributed by atoms with E-state index in [1.807, 2.05) is 17.5 Å². The number of halogens is 1. The minimum absolute atomic E-state index is 0.179. The van der Waals surface area contributed by atoms with Crippen LogP contribution in [0.4, 0.5) is 10.1 Å². The molecule has 0 amide bonds. The van der Waals surface area contributed by atoms with Crippen molar-refractivity contribution in [2.75, 3.05) is 6.61 Å². The molecule has 1 aromatic carbocycles. The van der Waals surface area contributed by atoms with Crippen molar-refractivity contribution in [2.24, 2.45) is 0 Å². The van der Waals surface area contributed by atoms with E-state index in [2.05, 4.69) is 0 Å². The fraction of sp³-hybridized carbons (Fsp3) is 0.167. The van der Waals surface area contributed by atoms with E-state index < -0.39 is 10.7 Å². The van der Waals surface area contributed by atoms with Crippen LogP contribution in [0.5, 0.6) is 5.75 Å². The third kappa shape index (κ3) is 3.27. The van der Waals surface area contributed by atoms with Gasteiger partial charge in [0.1, 0.15) is 11.6 Å². The van der Waals surface area contributed by atoms with Gasteiger partial charge in [0.2, 0.25) is 0 Å². The van der Waals surface area contributed by atoms with E-state index in [4.69, 9.17) is 4.74 Å². The van der Waals surface area contributed by atoms with Crippen LogP contribution in [0.2, 0.25) is 0 Å². The first kappa shape index (κ1) is 12.5. The molecule has 4 nitrogen and oxygen atoms in total. The van der Waals surface area contributed by atoms with E-state index in [9.17, 15) is 14.5 Å². The van der Waals surface area contributed by atoms with Gasteiger partial charge in [-0.1, -0.05) is 6.07 Å². The third-order valence-electron chi connectivity index (χ3n) is 2.26. The van der Waals surface area contributed by atoms with E-state index in [0.717, 1.165) is 17.0 Å². The molecular weight excluding hydrogens is 257 g/mol. The molecule has 94 valence electrons. The molecule has 0 atom stereocenters. The van der Waals surface area contributed by atoms with Gasteiger partial charge >= 0.3 is 0 Å². The van der Waals surface area contributed by atoms with Crippen molar-refractivity contribution in [3.05, 3.63) is 56.5 Å². The number of hydrogen-bond donors (Lipinski definition) is 0. The zero-order chi connectivity index (χ0) is 13.0. The average molecular weight is 267 g/mol. The highest BCUT2D eigenvalue weighted by atomic mass is 32.1. The number of nitro benzene ring substituents is 1. The van der Waals surface area contributed by atoms with Gasteiger partial charge in [-0.25, -0.2) is 4.39 Å². The van der Waals surface area contributed by atoms with Gasteiger partial charge in [0.05, 0.1) is 23.7 Å². The van der Waals surface area contributed by atoms with Crippen LogP contribution in [0.15, 0.2) is 35.7 Å².